The van der Waals surface area contributed by atoms with E-state index >= 15 is 0 Å². The third-order valence-corrected chi connectivity index (χ3v) is 14.6. The highest BCUT2D eigenvalue weighted by atomic mass is 16.6. The van der Waals surface area contributed by atoms with E-state index in [0.717, 1.165) is 69.6 Å². The lowest BCUT2D eigenvalue weighted by atomic mass is 9.99. The lowest BCUT2D eigenvalue weighted by Gasteiger charge is -2.18. The van der Waals surface area contributed by atoms with Gasteiger partial charge >= 0.3 is 17.9 Å². The minimum Gasteiger partial charge on any atom is -0.462 e. The number of ether oxygens (including phenoxy) is 3. The molecule has 0 aliphatic heterocycles. The molecule has 0 saturated heterocycles. The molecular weight excluding hydrogens is 841 g/mol. The molecule has 0 aromatic rings. The molecule has 0 aromatic carbocycles. The molecule has 0 aliphatic carbocycles. The second-order valence-corrected chi connectivity index (χ2v) is 22.1. The van der Waals surface area contributed by atoms with Gasteiger partial charge in [-0.1, -0.05) is 311 Å². The van der Waals surface area contributed by atoms with Crippen molar-refractivity contribution in [3.05, 3.63) is 0 Å². The molecule has 2 atom stereocenters. The normalized spacial score (nSPS) is 12.4. The van der Waals surface area contributed by atoms with Crippen molar-refractivity contribution in [2.45, 2.75) is 355 Å². The first-order valence-electron chi connectivity index (χ1n) is 30.8. The Morgan fingerprint density at radius 2 is 0.559 bits per heavy atom. The molecule has 404 valence electrons. The predicted molar refractivity (Wildman–Crippen MR) is 293 cm³/mol. The highest BCUT2D eigenvalue weighted by molar-refractivity contribution is 5.71. The maximum atomic E-state index is 12.8. The van der Waals surface area contributed by atoms with Crippen LogP contribution in [0.5, 0.6) is 0 Å². The summed E-state index contributed by atoms with van der Waals surface area (Å²) in [5.74, 6) is 0.919. The first kappa shape index (κ1) is 66.4. The lowest BCUT2D eigenvalue weighted by Crippen LogP contribution is -2.30. The van der Waals surface area contributed by atoms with Gasteiger partial charge in [0.15, 0.2) is 6.10 Å². The molecule has 0 saturated carbocycles. The third-order valence-electron chi connectivity index (χ3n) is 14.6. The van der Waals surface area contributed by atoms with E-state index < -0.39 is 6.10 Å². The predicted octanol–water partition coefficient (Wildman–Crippen LogP) is 20.4. The van der Waals surface area contributed by atoms with E-state index in [9.17, 15) is 14.4 Å². The Bertz CT molecular complexity index is 1040. The van der Waals surface area contributed by atoms with Crippen molar-refractivity contribution >= 4 is 17.9 Å². The van der Waals surface area contributed by atoms with E-state index in [1.807, 2.05) is 0 Å². The van der Waals surface area contributed by atoms with Crippen LogP contribution in [0.25, 0.3) is 0 Å². The van der Waals surface area contributed by atoms with Gasteiger partial charge in [-0.2, -0.15) is 0 Å². The van der Waals surface area contributed by atoms with E-state index in [1.165, 1.54) is 238 Å². The quantitative estimate of drug-likeness (QED) is 0.0343. The number of rotatable bonds is 56. The maximum Gasteiger partial charge on any atom is 0.306 e. The molecule has 68 heavy (non-hydrogen) atoms. The van der Waals surface area contributed by atoms with Gasteiger partial charge in [0.1, 0.15) is 13.2 Å². The molecule has 6 heteroatoms. The van der Waals surface area contributed by atoms with Crippen molar-refractivity contribution in [3.63, 3.8) is 0 Å². The molecule has 1 unspecified atom stereocenters. The molecule has 0 aliphatic rings. The van der Waals surface area contributed by atoms with E-state index in [-0.39, 0.29) is 31.1 Å². The molecule has 0 rings (SSSR count). The topological polar surface area (TPSA) is 78.9 Å². The highest BCUT2D eigenvalue weighted by Gasteiger charge is 2.19. The number of unbranched alkanes of at least 4 members (excludes halogenated alkanes) is 40. The highest BCUT2D eigenvalue weighted by Crippen LogP contribution is 2.19. The van der Waals surface area contributed by atoms with Crippen molar-refractivity contribution in [3.8, 4) is 0 Å². The van der Waals surface area contributed by atoms with Gasteiger partial charge in [0.2, 0.25) is 0 Å². The van der Waals surface area contributed by atoms with Crippen LogP contribution in [-0.2, 0) is 28.6 Å². The summed E-state index contributed by atoms with van der Waals surface area (Å²) in [6.45, 7) is 11.5. The second kappa shape index (κ2) is 54.7. The maximum absolute atomic E-state index is 12.8. The molecule has 6 nitrogen and oxygen atoms in total. The van der Waals surface area contributed by atoms with E-state index in [1.54, 1.807) is 0 Å². The Kier molecular flexibility index (Phi) is 53.5. The summed E-state index contributed by atoms with van der Waals surface area (Å²) >= 11 is 0. The Hall–Kier alpha value is -1.59. The Morgan fingerprint density at radius 3 is 0.838 bits per heavy atom. The molecule has 0 N–H and O–H groups in total. The van der Waals surface area contributed by atoms with Crippen LogP contribution in [-0.4, -0.2) is 37.2 Å². The standard InChI is InChI=1S/C62H120O6/c1-6-8-9-10-11-12-25-34-39-44-49-54-62(65)68-59(56-67-61(64)53-48-43-38-33-29-24-20-19-22-27-31-36-41-46-51-58(5)7-2)55-66-60(63)52-47-42-37-32-28-23-18-16-14-13-15-17-21-26-30-35-40-45-50-57(3)4/h57-59H,6-56H2,1-5H3/t58?,59-/m1/s1. The van der Waals surface area contributed by atoms with Crippen molar-refractivity contribution in [1.29, 1.82) is 0 Å². The largest absolute Gasteiger partial charge is 0.462 e. The molecule has 0 fully saturated rings. The van der Waals surface area contributed by atoms with Crippen molar-refractivity contribution in [2.75, 3.05) is 13.2 Å². The van der Waals surface area contributed by atoms with E-state index in [4.69, 9.17) is 14.2 Å². The SMILES string of the molecule is CCCCCCCCCCCCCC(=O)O[C@H](COC(=O)CCCCCCCCCCCCCCCCCCCCC(C)C)COC(=O)CCCCCCCCCCCCCCCCC(C)CC. The Labute approximate surface area is 425 Å². The molecular formula is C62H120O6. The van der Waals surface area contributed by atoms with Crippen LogP contribution < -0.4 is 0 Å². The number of hydrogen-bond donors (Lipinski definition) is 0. The number of carbonyl (C=O) groups is 3. The fourth-order valence-electron chi connectivity index (χ4n) is 9.55. The number of hydrogen-bond acceptors (Lipinski definition) is 6. The smallest absolute Gasteiger partial charge is 0.306 e. The van der Waals surface area contributed by atoms with Crippen molar-refractivity contribution in [1.82, 2.24) is 0 Å². The molecule has 0 amide bonds. The average molecular weight is 962 g/mol. The van der Waals surface area contributed by atoms with Crippen molar-refractivity contribution in [2.24, 2.45) is 11.8 Å². The van der Waals surface area contributed by atoms with E-state index in [2.05, 4.69) is 34.6 Å². The van der Waals surface area contributed by atoms with Crippen LogP contribution >= 0.6 is 0 Å². The zero-order valence-corrected chi connectivity index (χ0v) is 46.7. The molecule has 0 bridgehead atoms. The van der Waals surface area contributed by atoms with Crippen LogP contribution in [0.15, 0.2) is 0 Å². The molecule has 0 heterocycles. The molecule has 0 spiro atoms. The zero-order chi connectivity index (χ0) is 49.6. The summed E-state index contributed by atoms with van der Waals surface area (Å²) in [5.41, 5.74) is 0. The second-order valence-electron chi connectivity index (χ2n) is 22.1. The average Bonchev–Trinajstić information content (AvgIpc) is 3.32. The zero-order valence-electron chi connectivity index (χ0n) is 46.7. The van der Waals surface area contributed by atoms with Gasteiger partial charge in [-0.15, -0.1) is 0 Å². The Balaban J connectivity index is 4.20. The summed E-state index contributed by atoms with van der Waals surface area (Å²) in [5, 5.41) is 0. The van der Waals surface area contributed by atoms with Gasteiger partial charge in [-0.05, 0) is 31.1 Å². The lowest BCUT2D eigenvalue weighted by molar-refractivity contribution is -0.167. The van der Waals surface area contributed by atoms with Crippen LogP contribution in [0.1, 0.15) is 349 Å². The molecule has 0 aromatic heterocycles. The van der Waals surface area contributed by atoms with Gasteiger partial charge in [0.05, 0.1) is 0 Å². The minimum absolute atomic E-state index is 0.0622. The first-order valence-corrected chi connectivity index (χ1v) is 30.8. The Morgan fingerprint density at radius 1 is 0.309 bits per heavy atom. The summed E-state index contributed by atoms with van der Waals surface area (Å²) in [6, 6.07) is 0. The summed E-state index contributed by atoms with van der Waals surface area (Å²) < 4.78 is 16.9. The third kappa shape index (κ3) is 53.8. The number of esters is 3. The van der Waals surface area contributed by atoms with Crippen LogP contribution in [0.4, 0.5) is 0 Å². The number of carbonyl (C=O) groups excluding carboxylic acids is 3. The van der Waals surface area contributed by atoms with E-state index in [0.29, 0.717) is 19.3 Å². The van der Waals surface area contributed by atoms with Gasteiger partial charge in [-0.3, -0.25) is 14.4 Å². The summed E-state index contributed by atoms with van der Waals surface area (Å²) in [4.78, 5) is 38.2. The van der Waals surface area contributed by atoms with Gasteiger partial charge in [0, 0.05) is 19.3 Å². The molecule has 0 radical (unpaired) electrons. The monoisotopic (exact) mass is 961 g/mol. The summed E-state index contributed by atoms with van der Waals surface area (Å²) in [6.07, 6.45) is 59.5. The van der Waals surface area contributed by atoms with Crippen molar-refractivity contribution < 1.29 is 28.6 Å². The van der Waals surface area contributed by atoms with Crippen LogP contribution in [0.3, 0.4) is 0 Å². The fourth-order valence-corrected chi connectivity index (χ4v) is 9.55. The minimum atomic E-state index is -0.762. The van der Waals surface area contributed by atoms with Crippen LogP contribution in [0.2, 0.25) is 0 Å². The van der Waals surface area contributed by atoms with Gasteiger partial charge < -0.3 is 14.2 Å². The van der Waals surface area contributed by atoms with Gasteiger partial charge in [-0.25, -0.2) is 0 Å². The van der Waals surface area contributed by atoms with Crippen LogP contribution in [0, 0.1) is 11.8 Å². The van der Waals surface area contributed by atoms with Gasteiger partial charge in [0.25, 0.3) is 0 Å². The first-order chi connectivity index (χ1) is 33.3. The fraction of sp³-hybridized carbons (Fsp3) is 0.952. The summed E-state index contributed by atoms with van der Waals surface area (Å²) in [7, 11) is 0.